The Kier molecular flexibility index (Phi) is 4.60. The van der Waals surface area contributed by atoms with Gasteiger partial charge in [-0.05, 0) is 30.7 Å². The maximum absolute atomic E-state index is 13.2. The van der Waals surface area contributed by atoms with E-state index < -0.39 is 5.82 Å². The fraction of sp³-hybridized carbons (Fsp3) is 0.188. The number of hydrogen-bond acceptors (Lipinski definition) is 2. The fourth-order valence-corrected chi connectivity index (χ4v) is 2.07. The van der Waals surface area contributed by atoms with E-state index in [1.54, 1.807) is 6.07 Å². The SMILES string of the molecule is Cc1ccc(OCc2ccc(F)c(C#N)c2)c(CCl)c1. The van der Waals surface area contributed by atoms with Gasteiger partial charge in [-0.1, -0.05) is 23.8 Å². The molecule has 0 fully saturated rings. The van der Waals surface area contributed by atoms with E-state index in [1.165, 1.54) is 12.1 Å². The molecule has 0 spiro atoms. The molecule has 4 heteroatoms. The van der Waals surface area contributed by atoms with Gasteiger partial charge in [-0.2, -0.15) is 5.26 Å². The zero-order valence-electron chi connectivity index (χ0n) is 11.0. The summed E-state index contributed by atoms with van der Waals surface area (Å²) in [5.41, 5.74) is 2.78. The number of alkyl halides is 1. The van der Waals surface area contributed by atoms with E-state index in [2.05, 4.69) is 0 Å². The van der Waals surface area contributed by atoms with Crippen LogP contribution >= 0.6 is 11.6 Å². The molecule has 20 heavy (non-hydrogen) atoms. The van der Waals surface area contributed by atoms with Gasteiger partial charge in [0.1, 0.15) is 24.2 Å². The van der Waals surface area contributed by atoms with Crippen LogP contribution < -0.4 is 4.74 Å². The molecule has 0 bridgehead atoms. The van der Waals surface area contributed by atoms with Gasteiger partial charge in [0, 0.05) is 5.56 Å². The number of nitrogens with zero attached hydrogens (tertiary/aromatic N) is 1. The third-order valence-corrected chi connectivity index (χ3v) is 3.19. The summed E-state index contributed by atoms with van der Waals surface area (Å²) in [7, 11) is 0. The van der Waals surface area contributed by atoms with Crippen LogP contribution in [0.5, 0.6) is 5.75 Å². The first-order chi connectivity index (χ1) is 9.63. The van der Waals surface area contributed by atoms with Crippen LogP contribution in [0.15, 0.2) is 36.4 Å². The van der Waals surface area contributed by atoms with E-state index in [0.717, 1.165) is 16.7 Å². The van der Waals surface area contributed by atoms with Crippen LogP contribution in [-0.2, 0) is 12.5 Å². The van der Waals surface area contributed by atoms with E-state index in [1.807, 2.05) is 31.2 Å². The Morgan fingerprint density at radius 1 is 1.25 bits per heavy atom. The van der Waals surface area contributed by atoms with E-state index in [4.69, 9.17) is 21.6 Å². The molecule has 0 radical (unpaired) electrons. The first kappa shape index (κ1) is 14.4. The molecule has 2 aromatic rings. The van der Waals surface area contributed by atoms with Crippen LogP contribution in [0.2, 0.25) is 0 Å². The molecule has 2 nitrogen and oxygen atoms in total. The highest BCUT2D eigenvalue weighted by atomic mass is 35.5. The standard InChI is InChI=1S/C16H13ClFNO/c1-11-2-5-16(13(6-11)8-17)20-10-12-3-4-15(18)14(7-12)9-19/h2-7H,8,10H2,1H3. The van der Waals surface area contributed by atoms with Crippen molar-refractivity contribution in [1.82, 2.24) is 0 Å². The van der Waals surface area contributed by atoms with Gasteiger partial charge in [0.2, 0.25) is 0 Å². The van der Waals surface area contributed by atoms with Crippen LogP contribution in [-0.4, -0.2) is 0 Å². The molecule has 0 N–H and O–H groups in total. The number of aryl methyl sites for hydroxylation is 1. The van der Waals surface area contributed by atoms with Crippen molar-refractivity contribution in [2.24, 2.45) is 0 Å². The minimum absolute atomic E-state index is 0.0209. The summed E-state index contributed by atoms with van der Waals surface area (Å²) >= 11 is 5.88. The van der Waals surface area contributed by atoms with Crippen LogP contribution in [0.25, 0.3) is 0 Å². The van der Waals surface area contributed by atoms with Crippen molar-refractivity contribution < 1.29 is 9.13 Å². The summed E-state index contributed by atoms with van der Waals surface area (Å²) in [6, 6.07) is 11.9. The van der Waals surface area contributed by atoms with Crippen molar-refractivity contribution >= 4 is 11.6 Å². The predicted molar refractivity (Wildman–Crippen MR) is 76.2 cm³/mol. The Labute approximate surface area is 122 Å². The number of ether oxygens (including phenoxy) is 1. The Balaban J connectivity index is 2.15. The highest BCUT2D eigenvalue weighted by molar-refractivity contribution is 6.17. The van der Waals surface area contributed by atoms with E-state index in [9.17, 15) is 4.39 Å². The Hall–Kier alpha value is -2.05. The smallest absolute Gasteiger partial charge is 0.140 e. The van der Waals surface area contributed by atoms with Gasteiger partial charge < -0.3 is 4.74 Å². The summed E-state index contributed by atoms with van der Waals surface area (Å²) < 4.78 is 18.9. The Morgan fingerprint density at radius 3 is 2.75 bits per heavy atom. The van der Waals surface area contributed by atoms with E-state index in [-0.39, 0.29) is 12.2 Å². The molecule has 0 saturated heterocycles. The molecule has 102 valence electrons. The van der Waals surface area contributed by atoms with Gasteiger partial charge in [0.15, 0.2) is 0 Å². The molecule has 0 unspecified atom stereocenters. The average molecular weight is 290 g/mol. The van der Waals surface area contributed by atoms with Crippen LogP contribution in [0.1, 0.15) is 22.3 Å². The second kappa shape index (κ2) is 6.40. The van der Waals surface area contributed by atoms with Crippen LogP contribution in [0.4, 0.5) is 4.39 Å². The van der Waals surface area contributed by atoms with E-state index in [0.29, 0.717) is 11.6 Å². The molecular formula is C16H13ClFNO. The number of rotatable bonds is 4. The predicted octanol–water partition coefficient (Wildman–Crippen LogP) is 4.32. The molecule has 0 aliphatic heterocycles. The number of halogens is 2. The molecule has 2 rings (SSSR count). The average Bonchev–Trinajstić information content (AvgIpc) is 2.47. The van der Waals surface area contributed by atoms with Crippen LogP contribution in [0.3, 0.4) is 0 Å². The topological polar surface area (TPSA) is 33.0 Å². The zero-order chi connectivity index (χ0) is 14.5. The second-order valence-corrected chi connectivity index (χ2v) is 4.73. The van der Waals surface area contributed by atoms with Gasteiger partial charge in [-0.25, -0.2) is 4.39 Å². The van der Waals surface area contributed by atoms with Gasteiger partial charge in [-0.3, -0.25) is 0 Å². The lowest BCUT2D eigenvalue weighted by Gasteiger charge is -2.11. The first-order valence-corrected chi connectivity index (χ1v) is 6.64. The summed E-state index contributed by atoms with van der Waals surface area (Å²) in [6.45, 7) is 2.25. The summed E-state index contributed by atoms with van der Waals surface area (Å²) in [6.07, 6.45) is 0. The Bertz CT molecular complexity index is 664. The maximum Gasteiger partial charge on any atom is 0.140 e. The minimum atomic E-state index is -0.520. The van der Waals surface area contributed by atoms with Crippen LogP contribution in [0, 0.1) is 24.1 Å². The minimum Gasteiger partial charge on any atom is -0.489 e. The third kappa shape index (κ3) is 3.28. The lowest BCUT2D eigenvalue weighted by Crippen LogP contribution is -1.99. The van der Waals surface area contributed by atoms with Crippen molar-refractivity contribution in [2.45, 2.75) is 19.4 Å². The van der Waals surface area contributed by atoms with Gasteiger partial charge >= 0.3 is 0 Å². The molecule has 0 saturated carbocycles. The summed E-state index contributed by atoms with van der Waals surface area (Å²) in [5, 5.41) is 8.79. The highest BCUT2D eigenvalue weighted by Gasteiger charge is 2.06. The molecule has 0 aliphatic carbocycles. The number of hydrogen-bond donors (Lipinski definition) is 0. The normalized spacial score (nSPS) is 10.1. The molecular weight excluding hydrogens is 277 g/mol. The van der Waals surface area contributed by atoms with Gasteiger partial charge in [0.25, 0.3) is 0 Å². The number of benzene rings is 2. The van der Waals surface area contributed by atoms with Gasteiger partial charge in [-0.15, -0.1) is 11.6 Å². The van der Waals surface area contributed by atoms with Crippen molar-refractivity contribution in [3.63, 3.8) is 0 Å². The Morgan fingerprint density at radius 2 is 2.05 bits per heavy atom. The lowest BCUT2D eigenvalue weighted by molar-refractivity contribution is 0.303. The molecule has 0 heterocycles. The fourth-order valence-electron chi connectivity index (χ4n) is 1.86. The molecule has 0 atom stereocenters. The monoisotopic (exact) mass is 289 g/mol. The van der Waals surface area contributed by atoms with Crippen molar-refractivity contribution in [2.75, 3.05) is 0 Å². The van der Waals surface area contributed by atoms with E-state index >= 15 is 0 Å². The number of nitriles is 1. The summed E-state index contributed by atoms with van der Waals surface area (Å²) in [4.78, 5) is 0. The largest absolute Gasteiger partial charge is 0.489 e. The molecule has 0 amide bonds. The van der Waals surface area contributed by atoms with Crippen molar-refractivity contribution in [3.8, 4) is 11.8 Å². The highest BCUT2D eigenvalue weighted by Crippen LogP contribution is 2.23. The van der Waals surface area contributed by atoms with Crippen molar-refractivity contribution in [3.05, 3.63) is 64.5 Å². The quantitative estimate of drug-likeness (QED) is 0.785. The first-order valence-electron chi connectivity index (χ1n) is 6.11. The lowest BCUT2D eigenvalue weighted by atomic mass is 10.1. The zero-order valence-corrected chi connectivity index (χ0v) is 11.7. The third-order valence-electron chi connectivity index (χ3n) is 2.91. The maximum atomic E-state index is 13.2. The van der Waals surface area contributed by atoms with Gasteiger partial charge in [0.05, 0.1) is 11.4 Å². The molecule has 0 aliphatic rings. The second-order valence-electron chi connectivity index (χ2n) is 4.46. The van der Waals surface area contributed by atoms with Crippen molar-refractivity contribution in [1.29, 1.82) is 5.26 Å². The summed E-state index contributed by atoms with van der Waals surface area (Å²) in [5.74, 6) is 0.547. The molecule has 0 aromatic heterocycles. The molecule has 2 aromatic carbocycles.